The predicted octanol–water partition coefficient (Wildman–Crippen LogP) is 2.85. The molecule has 3 heterocycles. The summed E-state index contributed by atoms with van der Waals surface area (Å²) in [5, 5.41) is 11.5. The average molecular weight is 370 g/mol. The minimum Gasteiger partial charge on any atom is -0.488 e. The van der Waals surface area contributed by atoms with Crippen molar-refractivity contribution in [2.45, 2.75) is 13.5 Å². The number of anilines is 1. The number of ether oxygens (including phenoxy) is 2. The summed E-state index contributed by atoms with van der Waals surface area (Å²) < 4.78 is 10.6. The molecule has 1 aromatic carbocycles. The zero-order chi connectivity index (χ0) is 18.1. The van der Waals surface area contributed by atoms with Crippen molar-refractivity contribution in [2.75, 3.05) is 11.9 Å². The highest BCUT2D eigenvalue weighted by molar-refractivity contribution is 7.14. The van der Waals surface area contributed by atoms with Gasteiger partial charge in [-0.2, -0.15) is 5.10 Å². The van der Waals surface area contributed by atoms with Crippen LogP contribution < -0.4 is 10.1 Å². The number of nitrogens with zero attached hydrogens (tertiary/aromatic N) is 2. The molecule has 0 radical (unpaired) electrons. The Morgan fingerprint density at radius 3 is 3.08 bits per heavy atom. The summed E-state index contributed by atoms with van der Waals surface area (Å²) >= 11 is 1.15. The van der Waals surface area contributed by atoms with Crippen LogP contribution in [0.4, 0.5) is 5.13 Å². The lowest BCUT2D eigenvalue weighted by Crippen LogP contribution is -2.16. The number of thiazole rings is 1. The summed E-state index contributed by atoms with van der Waals surface area (Å²) in [6, 6.07) is 7.52. The highest BCUT2D eigenvalue weighted by Gasteiger charge is 2.26. The molecule has 1 aliphatic rings. The van der Waals surface area contributed by atoms with Gasteiger partial charge in [0.25, 0.3) is 5.91 Å². The standard InChI is InChI=1S/C17H14N4O4S/c1-2-24-16(23)11-8-26-17(18-11)19-15(22)14-10-7-25-12-6-4-3-5-9(12)13(10)20-21-14/h3-6,8H,2,7H2,1H3,(H,20,21)(H,18,19,22). The van der Waals surface area contributed by atoms with Crippen molar-refractivity contribution in [1.29, 1.82) is 0 Å². The fraction of sp³-hybridized carbons (Fsp3) is 0.176. The van der Waals surface area contributed by atoms with Crippen molar-refractivity contribution >= 4 is 28.3 Å². The molecule has 0 fully saturated rings. The molecule has 1 aliphatic heterocycles. The number of para-hydroxylation sites is 1. The van der Waals surface area contributed by atoms with Crippen molar-refractivity contribution in [3.8, 4) is 17.0 Å². The molecule has 0 aliphatic carbocycles. The number of rotatable bonds is 4. The Kier molecular flexibility index (Phi) is 4.13. The molecule has 132 valence electrons. The van der Waals surface area contributed by atoms with E-state index in [1.165, 1.54) is 5.38 Å². The zero-order valence-electron chi connectivity index (χ0n) is 13.7. The fourth-order valence-electron chi connectivity index (χ4n) is 2.64. The van der Waals surface area contributed by atoms with Crippen molar-refractivity contribution in [1.82, 2.24) is 15.2 Å². The second kappa shape index (κ2) is 6.60. The molecule has 0 saturated heterocycles. The van der Waals surface area contributed by atoms with Gasteiger partial charge in [0.15, 0.2) is 10.8 Å². The Morgan fingerprint density at radius 2 is 2.23 bits per heavy atom. The van der Waals surface area contributed by atoms with E-state index in [2.05, 4.69) is 20.5 Å². The molecule has 26 heavy (non-hydrogen) atoms. The van der Waals surface area contributed by atoms with Crippen molar-refractivity contribution < 1.29 is 19.1 Å². The van der Waals surface area contributed by atoms with Crippen LogP contribution in [0.2, 0.25) is 0 Å². The molecule has 1 amide bonds. The van der Waals surface area contributed by atoms with Gasteiger partial charge in [-0.1, -0.05) is 12.1 Å². The molecular weight excluding hydrogens is 356 g/mol. The molecule has 2 N–H and O–H groups in total. The zero-order valence-corrected chi connectivity index (χ0v) is 14.6. The monoisotopic (exact) mass is 370 g/mol. The van der Waals surface area contributed by atoms with E-state index < -0.39 is 11.9 Å². The minimum atomic E-state index is -0.520. The first-order chi connectivity index (χ1) is 12.7. The Labute approximate surface area is 152 Å². The van der Waals surface area contributed by atoms with Gasteiger partial charge in [-0.3, -0.25) is 15.2 Å². The first-order valence-electron chi connectivity index (χ1n) is 7.90. The van der Waals surface area contributed by atoms with Gasteiger partial charge in [0, 0.05) is 16.5 Å². The molecule has 4 rings (SSSR count). The van der Waals surface area contributed by atoms with Gasteiger partial charge < -0.3 is 9.47 Å². The lowest BCUT2D eigenvalue weighted by molar-refractivity contribution is 0.0520. The third kappa shape index (κ3) is 2.82. The van der Waals surface area contributed by atoms with Gasteiger partial charge in [0.05, 0.1) is 6.61 Å². The number of amides is 1. The van der Waals surface area contributed by atoms with E-state index in [9.17, 15) is 9.59 Å². The number of carbonyl (C=O) groups excluding carboxylic acids is 2. The number of H-pyrrole nitrogens is 1. The van der Waals surface area contributed by atoms with Crippen LogP contribution in [0.15, 0.2) is 29.6 Å². The second-order valence-corrected chi connectivity index (χ2v) is 6.28. The van der Waals surface area contributed by atoms with Crippen LogP contribution in [-0.2, 0) is 11.3 Å². The Morgan fingerprint density at radius 1 is 1.38 bits per heavy atom. The maximum absolute atomic E-state index is 12.6. The van der Waals surface area contributed by atoms with Crippen molar-refractivity contribution in [2.24, 2.45) is 0 Å². The quantitative estimate of drug-likeness (QED) is 0.684. The van der Waals surface area contributed by atoms with Gasteiger partial charge in [0.2, 0.25) is 0 Å². The number of hydrogen-bond donors (Lipinski definition) is 2. The van der Waals surface area contributed by atoms with Gasteiger partial charge in [-0.15, -0.1) is 11.3 Å². The summed E-state index contributed by atoms with van der Waals surface area (Å²) in [6.45, 7) is 2.23. The van der Waals surface area contributed by atoms with Crippen LogP contribution in [-0.4, -0.2) is 33.7 Å². The second-order valence-electron chi connectivity index (χ2n) is 5.42. The number of hydrogen-bond acceptors (Lipinski definition) is 7. The van der Waals surface area contributed by atoms with Gasteiger partial charge >= 0.3 is 5.97 Å². The number of fused-ring (bicyclic) bond motifs is 3. The van der Waals surface area contributed by atoms with Gasteiger partial charge in [0.1, 0.15) is 23.7 Å². The summed E-state index contributed by atoms with van der Waals surface area (Å²) in [4.78, 5) is 28.3. The van der Waals surface area contributed by atoms with Crippen LogP contribution in [0.25, 0.3) is 11.3 Å². The molecule has 2 aromatic heterocycles. The highest BCUT2D eigenvalue weighted by Crippen LogP contribution is 2.37. The Hall–Kier alpha value is -3.20. The lowest BCUT2D eigenvalue weighted by Gasteiger charge is -2.16. The van der Waals surface area contributed by atoms with E-state index in [0.717, 1.165) is 22.6 Å². The summed E-state index contributed by atoms with van der Waals surface area (Å²) in [7, 11) is 0. The van der Waals surface area contributed by atoms with Crippen LogP contribution in [0.5, 0.6) is 5.75 Å². The van der Waals surface area contributed by atoms with Crippen LogP contribution in [0.1, 0.15) is 33.5 Å². The van der Waals surface area contributed by atoms with Crippen molar-refractivity contribution in [3.05, 3.63) is 46.6 Å². The maximum Gasteiger partial charge on any atom is 0.357 e. The van der Waals surface area contributed by atoms with Crippen LogP contribution in [0, 0.1) is 0 Å². The molecule has 0 atom stereocenters. The molecular formula is C17H14N4O4S. The topological polar surface area (TPSA) is 106 Å². The van der Waals surface area contributed by atoms with Crippen molar-refractivity contribution in [3.63, 3.8) is 0 Å². The molecule has 3 aromatic rings. The Bertz CT molecular complexity index is 994. The summed E-state index contributed by atoms with van der Waals surface area (Å²) in [5.74, 6) is -0.183. The van der Waals surface area contributed by atoms with E-state index in [-0.39, 0.29) is 18.9 Å². The maximum atomic E-state index is 12.6. The van der Waals surface area contributed by atoms with Gasteiger partial charge in [-0.25, -0.2) is 9.78 Å². The van der Waals surface area contributed by atoms with E-state index >= 15 is 0 Å². The summed E-state index contributed by atoms with van der Waals surface area (Å²) in [5.41, 5.74) is 2.69. The molecule has 0 bridgehead atoms. The lowest BCUT2D eigenvalue weighted by atomic mass is 10.0. The molecule has 8 nitrogen and oxygen atoms in total. The Balaban J connectivity index is 1.56. The number of aromatic nitrogens is 3. The largest absolute Gasteiger partial charge is 0.488 e. The third-order valence-corrected chi connectivity index (χ3v) is 4.58. The van der Waals surface area contributed by atoms with E-state index in [0.29, 0.717) is 22.1 Å². The minimum absolute atomic E-state index is 0.163. The molecule has 0 unspecified atom stereocenters. The van der Waals surface area contributed by atoms with Crippen LogP contribution in [0.3, 0.4) is 0 Å². The SMILES string of the molecule is CCOC(=O)c1csc(NC(=O)c2[nH]nc3c2COc2ccccc2-3)n1. The average Bonchev–Trinajstić information content (AvgIpc) is 3.28. The molecule has 0 saturated carbocycles. The molecule has 0 spiro atoms. The molecule has 9 heteroatoms. The first kappa shape index (κ1) is 16.3. The number of nitrogens with one attached hydrogen (secondary N) is 2. The number of esters is 1. The number of carbonyl (C=O) groups is 2. The predicted molar refractivity (Wildman–Crippen MR) is 94.4 cm³/mol. The van der Waals surface area contributed by atoms with E-state index in [1.54, 1.807) is 6.92 Å². The smallest absolute Gasteiger partial charge is 0.357 e. The van der Waals surface area contributed by atoms with E-state index in [4.69, 9.17) is 9.47 Å². The van der Waals surface area contributed by atoms with Gasteiger partial charge in [-0.05, 0) is 19.1 Å². The van der Waals surface area contributed by atoms with Crippen LogP contribution >= 0.6 is 11.3 Å². The number of aromatic amines is 1. The normalized spacial score (nSPS) is 11.9. The third-order valence-electron chi connectivity index (χ3n) is 3.82. The first-order valence-corrected chi connectivity index (χ1v) is 8.78. The fourth-order valence-corrected chi connectivity index (χ4v) is 3.32. The summed E-state index contributed by atoms with van der Waals surface area (Å²) in [6.07, 6.45) is 0. The number of benzene rings is 1. The van der Waals surface area contributed by atoms with E-state index in [1.807, 2.05) is 24.3 Å². The highest BCUT2D eigenvalue weighted by atomic mass is 32.1.